The van der Waals surface area contributed by atoms with Gasteiger partial charge in [-0.05, 0) is 42.7 Å². The molecule has 0 amide bonds. The van der Waals surface area contributed by atoms with E-state index in [1.807, 2.05) is 23.1 Å². The summed E-state index contributed by atoms with van der Waals surface area (Å²) in [6.45, 7) is 3.08. The summed E-state index contributed by atoms with van der Waals surface area (Å²) in [4.78, 5) is 23.4. The van der Waals surface area contributed by atoms with Crippen LogP contribution in [0.2, 0.25) is 0 Å². The first-order chi connectivity index (χ1) is 14.2. The van der Waals surface area contributed by atoms with Crippen molar-refractivity contribution in [3.63, 3.8) is 0 Å². The number of para-hydroxylation sites is 1. The van der Waals surface area contributed by atoms with Gasteiger partial charge in [0.15, 0.2) is 0 Å². The molecule has 0 fully saturated rings. The van der Waals surface area contributed by atoms with E-state index in [0.29, 0.717) is 18.3 Å². The van der Waals surface area contributed by atoms with Gasteiger partial charge >= 0.3 is 5.97 Å². The van der Waals surface area contributed by atoms with Gasteiger partial charge in [-0.3, -0.25) is 0 Å². The van der Waals surface area contributed by atoms with E-state index in [-0.39, 0.29) is 18.0 Å². The van der Waals surface area contributed by atoms with Crippen LogP contribution in [-0.4, -0.2) is 29.1 Å². The van der Waals surface area contributed by atoms with Crippen LogP contribution >= 0.6 is 0 Å². The first-order valence-corrected chi connectivity index (χ1v) is 9.53. The molecule has 7 heteroatoms. The lowest BCUT2D eigenvalue weighted by molar-refractivity contribution is 0.0526. The van der Waals surface area contributed by atoms with Gasteiger partial charge in [-0.1, -0.05) is 30.3 Å². The molecule has 0 saturated carbocycles. The molecule has 0 radical (unpaired) electrons. The Labute approximate surface area is 168 Å². The Hall–Kier alpha value is -3.48. The zero-order chi connectivity index (χ0) is 20.2. The Morgan fingerprint density at radius 3 is 2.93 bits per heavy atom. The Bertz CT molecular complexity index is 1040. The Kier molecular flexibility index (Phi) is 5.37. The topological polar surface area (TPSA) is 67.3 Å². The highest BCUT2D eigenvalue weighted by atomic mass is 19.1. The molecule has 0 atom stereocenters. The number of nitrogens with zero attached hydrogens (tertiary/aromatic N) is 3. The van der Waals surface area contributed by atoms with Crippen LogP contribution in [0.25, 0.3) is 0 Å². The molecule has 0 spiro atoms. The molecule has 1 N–H and O–H groups in total. The van der Waals surface area contributed by atoms with Crippen LogP contribution in [0.3, 0.4) is 0 Å². The van der Waals surface area contributed by atoms with Gasteiger partial charge in [0.25, 0.3) is 0 Å². The lowest BCUT2D eigenvalue weighted by Gasteiger charge is -2.19. The number of aromatic nitrogens is 2. The van der Waals surface area contributed by atoms with Crippen LogP contribution in [0.15, 0.2) is 54.7 Å². The fraction of sp³-hybridized carbons (Fsp3) is 0.227. The molecule has 2 aromatic carbocycles. The summed E-state index contributed by atoms with van der Waals surface area (Å²) in [5.41, 5.74) is 3.29. The maximum Gasteiger partial charge on any atom is 0.343 e. The third kappa shape index (κ3) is 4.03. The minimum atomic E-state index is -0.498. The summed E-state index contributed by atoms with van der Waals surface area (Å²) < 4.78 is 18.6. The second-order valence-electron chi connectivity index (χ2n) is 6.67. The van der Waals surface area contributed by atoms with Gasteiger partial charge in [0.2, 0.25) is 5.95 Å². The molecule has 0 unspecified atom stereocenters. The average Bonchev–Trinajstić information content (AvgIpc) is 3.16. The normalized spacial score (nSPS) is 12.6. The number of hydrogen-bond acceptors (Lipinski definition) is 6. The molecule has 4 rings (SSSR count). The van der Waals surface area contributed by atoms with Crippen LogP contribution < -0.4 is 10.2 Å². The molecule has 2 heterocycles. The summed E-state index contributed by atoms with van der Waals surface area (Å²) in [6, 6.07) is 14.4. The first kappa shape index (κ1) is 18.9. The highest BCUT2D eigenvalue weighted by Crippen LogP contribution is 2.33. The van der Waals surface area contributed by atoms with E-state index in [2.05, 4.69) is 21.4 Å². The molecule has 0 saturated heterocycles. The number of carbonyl (C=O) groups excluding carboxylic acids is 1. The second-order valence-corrected chi connectivity index (χ2v) is 6.67. The van der Waals surface area contributed by atoms with Crippen molar-refractivity contribution in [3.8, 4) is 0 Å². The maximum absolute atomic E-state index is 13.5. The number of benzene rings is 2. The maximum atomic E-state index is 13.5. The number of nitrogens with one attached hydrogen (secondary N) is 1. The molecule has 1 aliphatic heterocycles. The fourth-order valence-electron chi connectivity index (χ4n) is 3.37. The predicted octanol–water partition coefficient (Wildman–Crippen LogP) is 4.10. The summed E-state index contributed by atoms with van der Waals surface area (Å²) in [7, 11) is 0. The third-order valence-corrected chi connectivity index (χ3v) is 4.75. The minimum Gasteiger partial charge on any atom is -0.462 e. The lowest BCUT2D eigenvalue weighted by atomic mass is 10.2. The Morgan fingerprint density at radius 2 is 2.10 bits per heavy atom. The lowest BCUT2D eigenvalue weighted by Crippen LogP contribution is -2.19. The van der Waals surface area contributed by atoms with Crippen molar-refractivity contribution < 1.29 is 13.9 Å². The molecule has 1 aliphatic rings. The smallest absolute Gasteiger partial charge is 0.343 e. The van der Waals surface area contributed by atoms with Gasteiger partial charge < -0.3 is 15.0 Å². The Balaban J connectivity index is 1.65. The summed E-state index contributed by atoms with van der Waals surface area (Å²) in [6.07, 6.45) is 2.39. The number of esters is 1. The largest absolute Gasteiger partial charge is 0.462 e. The standard InChI is InChI=1S/C22H21FN4O2/c1-2-29-21(28)18-14-25-22(27-11-10-16-7-3-4-9-19(16)27)26-20(18)24-13-15-6-5-8-17(23)12-15/h3-9,12,14H,2,10-11,13H2,1H3,(H,24,25,26). The Morgan fingerprint density at radius 1 is 1.24 bits per heavy atom. The molecular weight excluding hydrogens is 371 g/mol. The van der Waals surface area contributed by atoms with E-state index in [1.165, 1.54) is 23.9 Å². The molecule has 148 valence electrons. The van der Waals surface area contributed by atoms with E-state index in [1.54, 1.807) is 19.1 Å². The van der Waals surface area contributed by atoms with Crippen molar-refractivity contribution in [3.05, 3.63) is 77.2 Å². The van der Waals surface area contributed by atoms with Crippen molar-refractivity contribution >= 4 is 23.4 Å². The number of ether oxygens (including phenoxy) is 1. The molecule has 1 aromatic heterocycles. The molecule has 0 aliphatic carbocycles. The van der Waals surface area contributed by atoms with Crippen LogP contribution in [0.5, 0.6) is 0 Å². The van der Waals surface area contributed by atoms with Gasteiger partial charge in [-0.25, -0.2) is 14.2 Å². The van der Waals surface area contributed by atoms with Crippen molar-refractivity contribution in [2.45, 2.75) is 19.9 Å². The summed E-state index contributed by atoms with van der Waals surface area (Å²) >= 11 is 0. The monoisotopic (exact) mass is 392 g/mol. The van der Waals surface area contributed by atoms with Crippen molar-refractivity contribution in [1.82, 2.24) is 9.97 Å². The first-order valence-electron chi connectivity index (χ1n) is 9.53. The van der Waals surface area contributed by atoms with E-state index in [4.69, 9.17) is 4.74 Å². The van der Waals surface area contributed by atoms with Crippen molar-refractivity contribution in [2.24, 2.45) is 0 Å². The molecular formula is C22H21FN4O2. The SMILES string of the molecule is CCOC(=O)c1cnc(N2CCc3ccccc32)nc1NCc1cccc(F)c1. The van der Waals surface area contributed by atoms with Gasteiger partial charge in [0.1, 0.15) is 17.2 Å². The van der Waals surface area contributed by atoms with Crippen LogP contribution in [-0.2, 0) is 17.7 Å². The predicted molar refractivity (Wildman–Crippen MR) is 109 cm³/mol. The van der Waals surface area contributed by atoms with Gasteiger partial charge in [-0.15, -0.1) is 0 Å². The highest BCUT2D eigenvalue weighted by molar-refractivity contribution is 5.94. The number of carbonyl (C=O) groups is 1. The van der Waals surface area contributed by atoms with Crippen LogP contribution in [0.1, 0.15) is 28.4 Å². The minimum absolute atomic E-state index is 0.250. The second kappa shape index (κ2) is 8.26. The molecule has 6 nitrogen and oxygen atoms in total. The van der Waals surface area contributed by atoms with Gasteiger partial charge in [0.05, 0.1) is 6.61 Å². The molecule has 29 heavy (non-hydrogen) atoms. The van der Waals surface area contributed by atoms with Gasteiger partial charge in [0, 0.05) is 25.0 Å². The number of anilines is 3. The number of halogens is 1. The zero-order valence-corrected chi connectivity index (χ0v) is 16.1. The molecule has 3 aromatic rings. The van der Waals surface area contributed by atoms with Crippen LogP contribution in [0.4, 0.5) is 21.8 Å². The van der Waals surface area contributed by atoms with E-state index < -0.39 is 5.97 Å². The highest BCUT2D eigenvalue weighted by Gasteiger charge is 2.24. The van der Waals surface area contributed by atoms with Crippen molar-refractivity contribution in [1.29, 1.82) is 0 Å². The zero-order valence-electron chi connectivity index (χ0n) is 16.1. The number of rotatable bonds is 6. The fourth-order valence-corrected chi connectivity index (χ4v) is 3.37. The quantitative estimate of drug-likeness (QED) is 0.637. The van der Waals surface area contributed by atoms with Crippen molar-refractivity contribution in [2.75, 3.05) is 23.4 Å². The van der Waals surface area contributed by atoms with Gasteiger partial charge in [-0.2, -0.15) is 4.98 Å². The van der Waals surface area contributed by atoms with E-state index in [9.17, 15) is 9.18 Å². The average molecular weight is 392 g/mol. The summed E-state index contributed by atoms with van der Waals surface area (Å²) in [5.74, 6) is 0.0569. The van der Waals surface area contributed by atoms with Crippen LogP contribution in [0, 0.1) is 5.82 Å². The number of hydrogen-bond donors (Lipinski definition) is 1. The van der Waals surface area contributed by atoms with E-state index >= 15 is 0 Å². The molecule has 0 bridgehead atoms. The summed E-state index contributed by atoms with van der Waals surface area (Å²) in [5, 5.41) is 3.14. The number of fused-ring (bicyclic) bond motifs is 1. The van der Waals surface area contributed by atoms with E-state index in [0.717, 1.165) is 24.2 Å². The third-order valence-electron chi connectivity index (χ3n) is 4.75.